The van der Waals surface area contributed by atoms with Crippen LogP contribution in [0.1, 0.15) is 31.9 Å². The second-order valence-corrected chi connectivity index (χ2v) is 5.18. The second kappa shape index (κ2) is 6.66. The average Bonchev–Trinajstić information content (AvgIpc) is 2.47. The first-order valence-electron chi connectivity index (χ1n) is 7.30. The van der Waals surface area contributed by atoms with Crippen LogP contribution >= 0.6 is 0 Å². The van der Waals surface area contributed by atoms with Crippen molar-refractivity contribution in [1.29, 1.82) is 0 Å². The number of aromatic nitrogens is 2. The molecule has 0 radical (unpaired) electrons. The number of benzene rings is 1. The minimum atomic E-state index is 0.0289. The van der Waals surface area contributed by atoms with Crippen LogP contribution in [0.5, 0.6) is 0 Å². The van der Waals surface area contributed by atoms with Crippen molar-refractivity contribution >= 4 is 11.0 Å². The lowest BCUT2D eigenvalue weighted by Crippen LogP contribution is -2.27. The Morgan fingerprint density at radius 2 is 2.10 bits per heavy atom. The largest absolute Gasteiger partial charge is 0.317 e. The van der Waals surface area contributed by atoms with Crippen LogP contribution in [-0.4, -0.2) is 22.6 Å². The van der Waals surface area contributed by atoms with Gasteiger partial charge in [-0.25, -0.2) is 4.98 Å². The van der Waals surface area contributed by atoms with Gasteiger partial charge in [-0.05, 0) is 45.4 Å². The number of hydrogen-bond acceptors (Lipinski definition) is 3. The molecular formula is C16H23N3O. The Bertz CT molecular complexity index is 629. The fourth-order valence-corrected chi connectivity index (χ4v) is 2.59. The SMILES string of the molecule is CCC(CCCn1c(=O)c(C)nc2ccccc21)NC. The monoisotopic (exact) mass is 273 g/mol. The molecule has 1 atom stereocenters. The number of fused-ring (bicyclic) bond motifs is 1. The van der Waals surface area contributed by atoms with Crippen LogP contribution in [0.2, 0.25) is 0 Å². The molecular weight excluding hydrogens is 250 g/mol. The van der Waals surface area contributed by atoms with Crippen molar-refractivity contribution in [3.05, 3.63) is 40.3 Å². The van der Waals surface area contributed by atoms with Crippen LogP contribution in [0.4, 0.5) is 0 Å². The Morgan fingerprint density at radius 3 is 2.80 bits per heavy atom. The van der Waals surface area contributed by atoms with E-state index in [0.29, 0.717) is 11.7 Å². The minimum Gasteiger partial charge on any atom is -0.317 e. The first kappa shape index (κ1) is 14.7. The first-order chi connectivity index (χ1) is 9.67. The molecule has 108 valence electrons. The molecule has 0 saturated heterocycles. The van der Waals surface area contributed by atoms with Crippen molar-refractivity contribution in [2.45, 2.75) is 45.7 Å². The normalized spacial score (nSPS) is 12.8. The van der Waals surface area contributed by atoms with E-state index in [2.05, 4.69) is 17.2 Å². The third-order valence-electron chi connectivity index (χ3n) is 3.85. The van der Waals surface area contributed by atoms with E-state index in [1.165, 1.54) is 0 Å². The highest BCUT2D eigenvalue weighted by atomic mass is 16.1. The molecule has 0 aliphatic carbocycles. The molecule has 0 aliphatic heterocycles. The molecule has 0 fully saturated rings. The Hall–Kier alpha value is -1.68. The van der Waals surface area contributed by atoms with Crippen molar-refractivity contribution in [3.8, 4) is 0 Å². The molecule has 20 heavy (non-hydrogen) atoms. The summed E-state index contributed by atoms with van der Waals surface area (Å²) in [5.41, 5.74) is 2.43. The van der Waals surface area contributed by atoms with Crippen molar-refractivity contribution in [2.24, 2.45) is 0 Å². The summed E-state index contributed by atoms with van der Waals surface area (Å²) in [6.45, 7) is 4.72. The average molecular weight is 273 g/mol. The van der Waals surface area contributed by atoms with E-state index in [4.69, 9.17) is 0 Å². The van der Waals surface area contributed by atoms with Crippen molar-refractivity contribution < 1.29 is 0 Å². The Labute approximate surface area is 119 Å². The highest BCUT2D eigenvalue weighted by molar-refractivity contribution is 5.74. The zero-order chi connectivity index (χ0) is 14.5. The smallest absolute Gasteiger partial charge is 0.272 e. The maximum Gasteiger partial charge on any atom is 0.272 e. The molecule has 1 unspecified atom stereocenters. The van der Waals surface area contributed by atoms with Gasteiger partial charge in [0.25, 0.3) is 5.56 Å². The number of para-hydroxylation sites is 2. The van der Waals surface area contributed by atoms with Gasteiger partial charge < -0.3 is 9.88 Å². The fraction of sp³-hybridized carbons (Fsp3) is 0.500. The molecule has 2 rings (SSSR count). The van der Waals surface area contributed by atoms with Crippen LogP contribution in [-0.2, 0) is 6.54 Å². The number of hydrogen-bond donors (Lipinski definition) is 1. The predicted octanol–water partition coefficient (Wildman–Crippen LogP) is 2.48. The fourth-order valence-electron chi connectivity index (χ4n) is 2.59. The molecule has 1 heterocycles. The maximum atomic E-state index is 12.3. The second-order valence-electron chi connectivity index (χ2n) is 5.18. The zero-order valence-electron chi connectivity index (χ0n) is 12.5. The summed E-state index contributed by atoms with van der Waals surface area (Å²) in [4.78, 5) is 16.6. The molecule has 0 amide bonds. The first-order valence-corrected chi connectivity index (χ1v) is 7.30. The summed E-state index contributed by atoms with van der Waals surface area (Å²) in [7, 11) is 1.99. The van der Waals surface area contributed by atoms with E-state index in [-0.39, 0.29) is 5.56 Å². The van der Waals surface area contributed by atoms with Gasteiger partial charge in [-0.2, -0.15) is 0 Å². The standard InChI is InChI=1S/C16H23N3O/c1-4-13(17-3)8-7-11-19-15-10-6-5-9-14(15)18-12(2)16(19)20/h5-6,9-10,13,17H,4,7-8,11H2,1-3H3. The van der Waals surface area contributed by atoms with Gasteiger partial charge in [0.15, 0.2) is 0 Å². The van der Waals surface area contributed by atoms with Gasteiger partial charge in [-0.3, -0.25) is 4.79 Å². The van der Waals surface area contributed by atoms with Gasteiger partial charge in [0, 0.05) is 12.6 Å². The van der Waals surface area contributed by atoms with Crippen LogP contribution in [0.25, 0.3) is 11.0 Å². The molecule has 4 heteroatoms. The summed E-state index contributed by atoms with van der Waals surface area (Å²) in [5, 5.41) is 3.30. The van der Waals surface area contributed by atoms with Crippen LogP contribution in [0, 0.1) is 6.92 Å². The molecule has 1 aromatic carbocycles. The highest BCUT2D eigenvalue weighted by Gasteiger charge is 2.08. The van der Waals surface area contributed by atoms with Gasteiger partial charge in [0.1, 0.15) is 5.69 Å². The summed E-state index contributed by atoms with van der Waals surface area (Å²) in [6, 6.07) is 8.37. The molecule has 0 aliphatic rings. The van der Waals surface area contributed by atoms with E-state index < -0.39 is 0 Å². The van der Waals surface area contributed by atoms with Gasteiger partial charge >= 0.3 is 0 Å². The van der Waals surface area contributed by atoms with E-state index in [1.807, 2.05) is 35.9 Å². The maximum absolute atomic E-state index is 12.3. The van der Waals surface area contributed by atoms with Crippen molar-refractivity contribution in [1.82, 2.24) is 14.9 Å². The van der Waals surface area contributed by atoms with Gasteiger partial charge in [0.2, 0.25) is 0 Å². The third-order valence-corrected chi connectivity index (χ3v) is 3.85. The van der Waals surface area contributed by atoms with Gasteiger partial charge in [0.05, 0.1) is 11.0 Å². The van der Waals surface area contributed by atoms with E-state index in [9.17, 15) is 4.79 Å². The Balaban J connectivity index is 2.25. The van der Waals surface area contributed by atoms with E-state index in [1.54, 1.807) is 6.92 Å². The van der Waals surface area contributed by atoms with Gasteiger partial charge in [-0.15, -0.1) is 0 Å². The number of nitrogens with one attached hydrogen (secondary N) is 1. The van der Waals surface area contributed by atoms with Crippen LogP contribution < -0.4 is 10.9 Å². The molecule has 0 saturated carbocycles. The molecule has 4 nitrogen and oxygen atoms in total. The summed E-state index contributed by atoms with van der Waals surface area (Å²) >= 11 is 0. The predicted molar refractivity (Wildman–Crippen MR) is 83.1 cm³/mol. The van der Waals surface area contributed by atoms with Crippen LogP contribution in [0.15, 0.2) is 29.1 Å². The quantitative estimate of drug-likeness (QED) is 0.879. The molecule has 2 aromatic rings. The van der Waals surface area contributed by atoms with E-state index >= 15 is 0 Å². The Kier molecular flexibility index (Phi) is 4.90. The van der Waals surface area contributed by atoms with E-state index in [0.717, 1.165) is 36.8 Å². The minimum absolute atomic E-state index is 0.0289. The summed E-state index contributed by atoms with van der Waals surface area (Å²) in [6.07, 6.45) is 3.18. The highest BCUT2D eigenvalue weighted by Crippen LogP contribution is 2.11. The third kappa shape index (κ3) is 3.07. The van der Waals surface area contributed by atoms with Crippen molar-refractivity contribution in [3.63, 3.8) is 0 Å². The number of aryl methyl sites for hydroxylation is 2. The lowest BCUT2D eigenvalue weighted by Gasteiger charge is -2.15. The number of nitrogens with zero attached hydrogens (tertiary/aromatic N) is 2. The lowest BCUT2D eigenvalue weighted by atomic mass is 10.1. The Morgan fingerprint density at radius 1 is 1.35 bits per heavy atom. The molecule has 1 aromatic heterocycles. The summed E-state index contributed by atoms with van der Waals surface area (Å²) < 4.78 is 1.86. The van der Waals surface area contributed by atoms with Gasteiger partial charge in [-0.1, -0.05) is 19.1 Å². The molecule has 0 spiro atoms. The molecule has 1 N–H and O–H groups in total. The number of rotatable bonds is 6. The lowest BCUT2D eigenvalue weighted by molar-refractivity contribution is 0.468. The molecule has 0 bridgehead atoms. The zero-order valence-corrected chi connectivity index (χ0v) is 12.5. The topological polar surface area (TPSA) is 46.9 Å². The van der Waals surface area contributed by atoms with Crippen LogP contribution in [0.3, 0.4) is 0 Å². The summed E-state index contributed by atoms with van der Waals surface area (Å²) in [5.74, 6) is 0. The van der Waals surface area contributed by atoms with Crippen molar-refractivity contribution in [2.75, 3.05) is 7.05 Å².